The van der Waals surface area contributed by atoms with E-state index in [2.05, 4.69) is 12.2 Å². The molecule has 2 rings (SSSR count). The number of quaternary nitrogens is 1. The number of nitrogens with two attached hydrogens (primary N) is 1. The van der Waals surface area contributed by atoms with E-state index in [0.717, 1.165) is 31.4 Å². The molecule has 0 fully saturated rings. The summed E-state index contributed by atoms with van der Waals surface area (Å²) >= 11 is 0. The van der Waals surface area contributed by atoms with Crippen LogP contribution in [0.25, 0.3) is 0 Å². The molecule has 0 unspecified atom stereocenters. The topological polar surface area (TPSA) is 77.3 Å². The Hall–Kier alpha value is -2.20. The number of rotatable bonds is 7. The van der Waals surface area contributed by atoms with Crippen LogP contribution in [0, 0.1) is 0 Å². The second kappa shape index (κ2) is 7.71. The third kappa shape index (κ3) is 4.97. The van der Waals surface area contributed by atoms with Crippen molar-refractivity contribution in [2.45, 2.75) is 32.2 Å². The van der Waals surface area contributed by atoms with Crippen LogP contribution in [0.1, 0.15) is 24.5 Å². The predicted molar refractivity (Wildman–Crippen MR) is 86.2 cm³/mol. The van der Waals surface area contributed by atoms with Crippen LogP contribution in [0.4, 0.5) is 0 Å². The highest BCUT2D eigenvalue weighted by atomic mass is 16.3. The number of aryl methyl sites for hydroxylation is 1. The molecule has 0 bridgehead atoms. The fourth-order valence-corrected chi connectivity index (χ4v) is 2.43. The molecule has 0 radical (unpaired) electrons. The van der Waals surface area contributed by atoms with Gasteiger partial charge in [0.2, 0.25) is 0 Å². The molecule has 22 heavy (non-hydrogen) atoms. The van der Waals surface area contributed by atoms with Crippen molar-refractivity contribution in [3.05, 3.63) is 53.6 Å². The summed E-state index contributed by atoms with van der Waals surface area (Å²) in [4.78, 5) is 0. The van der Waals surface area contributed by atoms with Gasteiger partial charge >= 0.3 is 0 Å². The number of phenols is 3. The van der Waals surface area contributed by atoms with Gasteiger partial charge in [0.25, 0.3) is 0 Å². The Balaban J connectivity index is 1.70. The van der Waals surface area contributed by atoms with Crippen LogP contribution in [-0.4, -0.2) is 27.9 Å². The lowest BCUT2D eigenvalue weighted by atomic mass is 10.1. The second-order valence-corrected chi connectivity index (χ2v) is 5.78. The molecule has 0 saturated heterocycles. The lowest BCUT2D eigenvalue weighted by molar-refractivity contribution is -0.686. The minimum Gasteiger partial charge on any atom is -0.508 e. The molecule has 118 valence electrons. The first-order valence-corrected chi connectivity index (χ1v) is 7.66. The van der Waals surface area contributed by atoms with Crippen molar-refractivity contribution in [1.29, 1.82) is 0 Å². The third-order valence-corrected chi connectivity index (χ3v) is 3.87. The van der Waals surface area contributed by atoms with E-state index < -0.39 is 0 Å². The van der Waals surface area contributed by atoms with Gasteiger partial charge in [0, 0.05) is 12.8 Å². The van der Waals surface area contributed by atoms with E-state index in [1.807, 2.05) is 18.2 Å². The van der Waals surface area contributed by atoms with Gasteiger partial charge in [-0.1, -0.05) is 18.2 Å². The molecule has 0 spiro atoms. The normalized spacial score (nSPS) is 12.2. The number of benzene rings is 2. The van der Waals surface area contributed by atoms with Crippen molar-refractivity contribution in [2.24, 2.45) is 0 Å². The molecule has 0 saturated carbocycles. The molecule has 2 aromatic carbocycles. The zero-order valence-corrected chi connectivity index (χ0v) is 12.9. The zero-order chi connectivity index (χ0) is 15.9. The monoisotopic (exact) mass is 302 g/mol. The molecule has 4 nitrogen and oxygen atoms in total. The Morgan fingerprint density at radius 3 is 2.23 bits per heavy atom. The highest BCUT2D eigenvalue weighted by Gasteiger charge is 2.07. The van der Waals surface area contributed by atoms with Crippen LogP contribution in [0.2, 0.25) is 0 Å². The molecule has 0 heterocycles. The average molecular weight is 302 g/mol. The summed E-state index contributed by atoms with van der Waals surface area (Å²) in [6.07, 6.45) is 2.93. The van der Waals surface area contributed by atoms with Crippen LogP contribution in [-0.2, 0) is 12.8 Å². The summed E-state index contributed by atoms with van der Waals surface area (Å²) in [7, 11) is 0. The summed E-state index contributed by atoms with van der Waals surface area (Å²) in [5.74, 6) is 0.174. The van der Waals surface area contributed by atoms with Crippen molar-refractivity contribution in [2.75, 3.05) is 6.54 Å². The summed E-state index contributed by atoms with van der Waals surface area (Å²) in [6, 6.07) is 12.9. The smallest absolute Gasteiger partial charge is 0.157 e. The van der Waals surface area contributed by atoms with Gasteiger partial charge in [-0.2, -0.15) is 0 Å². The highest BCUT2D eigenvalue weighted by Crippen LogP contribution is 2.24. The van der Waals surface area contributed by atoms with Crippen molar-refractivity contribution in [3.63, 3.8) is 0 Å². The number of hydrogen-bond donors (Lipinski definition) is 4. The van der Waals surface area contributed by atoms with E-state index in [1.165, 1.54) is 11.6 Å². The largest absolute Gasteiger partial charge is 0.508 e. The summed E-state index contributed by atoms with van der Waals surface area (Å²) < 4.78 is 0. The van der Waals surface area contributed by atoms with E-state index in [4.69, 9.17) is 0 Å². The van der Waals surface area contributed by atoms with Crippen LogP contribution in [0.15, 0.2) is 42.5 Å². The van der Waals surface area contributed by atoms with E-state index in [1.54, 1.807) is 18.2 Å². The van der Waals surface area contributed by atoms with Gasteiger partial charge in [-0.3, -0.25) is 0 Å². The lowest BCUT2D eigenvalue weighted by Crippen LogP contribution is -2.89. The first-order chi connectivity index (χ1) is 10.5. The molecule has 4 heteroatoms. The van der Waals surface area contributed by atoms with Crippen molar-refractivity contribution >= 4 is 0 Å². The maximum atomic E-state index is 9.46. The first-order valence-electron chi connectivity index (χ1n) is 7.66. The molecule has 2 aromatic rings. The molecular formula is C18H24NO3+. The summed E-state index contributed by atoms with van der Waals surface area (Å²) in [5, 5.41) is 30.3. The van der Waals surface area contributed by atoms with E-state index in [0.29, 0.717) is 11.8 Å². The van der Waals surface area contributed by atoms with Crippen LogP contribution in [0.5, 0.6) is 17.2 Å². The Labute approximate surface area is 131 Å². The maximum Gasteiger partial charge on any atom is 0.157 e. The molecule has 5 N–H and O–H groups in total. The fourth-order valence-electron chi connectivity index (χ4n) is 2.43. The van der Waals surface area contributed by atoms with Crippen molar-refractivity contribution in [3.8, 4) is 17.2 Å². The minimum absolute atomic E-state index is 0.0575. The molecule has 0 aliphatic heterocycles. The van der Waals surface area contributed by atoms with Gasteiger partial charge in [-0.05, 0) is 48.7 Å². The standard InChI is InChI=1S/C18H23NO3/c1-13(2-3-14-4-7-16(20)8-5-14)19-11-10-15-6-9-17(21)18(22)12-15/h4-9,12-13,19-22H,2-3,10-11H2,1H3/p+1/t13-/m0/s1. The number of aromatic hydroxyl groups is 3. The predicted octanol–water partition coefficient (Wildman–Crippen LogP) is 1.93. The van der Waals surface area contributed by atoms with Crippen LogP contribution < -0.4 is 5.32 Å². The van der Waals surface area contributed by atoms with Crippen molar-refractivity contribution < 1.29 is 20.6 Å². The van der Waals surface area contributed by atoms with Gasteiger partial charge in [-0.15, -0.1) is 0 Å². The summed E-state index contributed by atoms with van der Waals surface area (Å²) in [6.45, 7) is 3.15. The van der Waals surface area contributed by atoms with E-state index in [9.17, 15) is 15.3 Å². The second-order valence-electron chi connectivity index (χ2n) is 5.78. The molecular weight excluding hydrogens is 278 g/mol. The van der Waals surface area contributed by atoms with Crippen LogP contribution in [0.3, 0.4) is 0 Å². The third-order valence-electron chi connectivity index (χ3n) is 3.87. The quantitative estimate of drug-likeness (QED) is 0.590. The van der Waals surface area contributed by atoms with Crippen molar-refractivity contribution in [1.82, 2.24) is 0 Å². The molecule has 1 atom stereocenters. The lowest BCUT2D eigenvalue weighted by Gasteiger charge is -2.11. The van der Waals surface area contributed by atoms with Gasteiger partial charge in [0.15, 0.2) is 11.5 Å². The van der Waals surface area contributed by atoms with E-state index in [-0.39, 0.29) is 11.5 Å². The Bertz CT molecular complexity index is 596. The van der Waals surface area contributed by atoms with Crippen LogP contribution >= 0.6 is 0 Å². The molecule has 0 aliphatic rings. The van der Waals surface area contributed by atoms with Gasteiger partial charge in [0.05, 0.1) is 12.6 Å². The zero-order valence-electron chi connectivity index (χ0n) is 12.9. The molecule has 0 amide bonds. The maximum absolute atomic E-state index is 9.46. The average Bonchev–Trinajstić information content (AvgIpc) is 2.50. The first kappa shape index (κ1) is 16.2. The fraction of sp³-hybridized carbons (Fsp3) is 0.333. The SMILES string of the molecule is C[C@@H](CCc1ccc(O)cc1)[NH2+]CCc1ccc(O)c(O)c1. The minimum atomic E-state index is -0.0741. The summed E-state index contributed by atoms with van der Waals surface area (Å²) in [5.41, 5.74) is 2.26. The van der Waals surface area contributed by atoms with E-state index >= 15 is 0 Å². The highest BCUT2D eigenvalue weighted by molar-refractivity contribution is 5.40. The number of phenolic OH excluding ortho intramolecular Hbond substituents is 3. The van der Waals surface area contributed by atoms with Gasteiger partial charge in [-0.25, -0.2) is 0 Å². The molecule has 0 aromatic heterocycles. The van der Waals surface area contributed by atoms with Gasteiger partial charge in [0.1, 0.15) is 5.75 Å². The Morgan fingerprint density at radius 1 is 0.864 bits per heavy atom. The number of hydrogen-bond acceptors (Lipinski definition) is 3. The molecule has 0 aliphatic carbocycles. The van der Waals surface area contributed by atoms with Gasteiger partial charge < -0.3 is 20.6 Å². The Kier molecular flexibility index (Phi) is 5.67. The Morgan fingerprint density at radius 2 is 1.55 bits per heavy atom.